The summed E-state index contributed by atoms with van der Waals surface area (Å²) >= 11 is 0. The highest BCUT2D eigenvalue weighted by Gasteiger charge is 2.15. The smallest absolute Gasteiger partial charge is 0.241 e. The molecule has 0 heterocycles. The van der Waals surface area contributed by atoms with Crippen LogP contribution in [0.4, 0.5) is 0 Å². The van der Waals surface area contributed by atoms with Gasteiger partial charge in [-0.25, -0.2) is 8.42 Å². The lowest BCUT2D eigenvalue weighted by Gasteiger charge is -2.12. The zero-order chi connectivity index (χ0) is 13.6. The first kappa shape index (κ1) is 14.7. The minimum absolute atomic E-state index is 0.0588. The largest absolute Gasteiger partial charge is 0.353 e. The maximum Gasteiger partial charge on any atom is 0.241 e. The van der Waals surface area contributed by atoms with Crippen LogP contribution in [0.3, 0.4) is 0 Å². The number of amides is 1. The Bertz CT molecular complexity index is 485. The Morgan fingerprint density at radius 2 is 1.94 bits per heavy atom. The van der Waals surface area contributed by atoms with Crippen molar-refractivity contribution in [2.45, 2.75) is 13.0 Å². The average molecular weight is 270 g/mol. The molecule has 1 aromatic carbocycles. The second-order valence-corrected chi connectivity index (χ2v) is 6.39. The fourth-order valence-corrected chi connectivity index (χ4v) is 2.10. The van der Waals surface area contributed by atoms with Gasteiger partial charge >= 0.3 is 0 Å². The van der Waals surface area contributed by atoms with Crippen LogP contribution in [0, 0.1) is 0 Å². The highest BCUT2D eigenvalue weighted by atomic mass is 32.2. The van der Waals surface area contributed by atoms with Crippen LogP contribution >= 0.6 is 0 Å². The molecule has 3 N–H and O–H groups in total. The van der Waals surface area contributed by atoms with Gasteiger partial charge in [0.2, 0.25) is 5.91 Å². The summed E-state index contributed by atoms with van der Waals surface area (Å²) in [5, 5.41) is 2.53. The van der Waals surface area contributed by atoms with Gasteiger partial charge < -0.3 is 11.1 Å². The van der Waals surface area contributed by atoms with Crippen molar-refractivity contribution in [1.82, 2.24) is 5.32 Å². The monoisotopic (exact) mass is 270 g/mol. The first-order chi connectivity index (χ1) is 8.46. The van der Waals surface area contributed by atoms with Crippen LogP contribution in [-0.2, 0) is 14.6 Å². The predicted octanol–water partition coefficient (Wildman–Crippen LogP) is 0.237. The van der Waals surface area contributed by atoms with Gasteiger partial charge in [-0.2, -0.15) is 0 Å². The highest BCUT2D eigenvalue weighted by molar-refractivity contribution is 7.91. The van der Waals surface area contributed by atoms with Gasteiger partial charge in [0, 0.05) is 12.3 Å². The topological polar surface area (TPSA) is 89.3 Å². The summed E-state index contributed by atoms with van der Waals surface area (Å²) in [6, 6.07) is 8.17. The van der Waals surface area contributed by atoms with Gasteiger partial charge in [0.25, 0.3) is 0 Å². The van der Waals surface area contributed by atoms with Crippen LogP contribution < -0.4 is 11.1 Å². The molecule has 1 amide bonds. The third kappa shape index (κ3) is 4.46. The average Bonchev–Trinajstić information content (AvgIpc) is 2.38. The first-order valence-corrected chi connectivity index (χ1v) is 7.57. The Hall–Kier alpha value is -1.40. The minimum Gasteiger partial charge on any atom is -0.353 e. The fourth-order valence-electron chi connectivity index (χ4n) is 1.40. The predicted molar refractivity (Wildman–Crippen MR) is 70.7 cm³/mol. The number of hydrogen-bond donors (Lipinski definition) is 2. The van der Waals surface area contributed by atoms with Crippen molar-refractivity contribution in [2.75, 3.05) is 18.1 Å². The van der Waals surface area contributed by atoms with Gasteiger partial charge in [-0.05, 0) is 5.56 Å². The molecule has 1 rings (SSSR count). The molecular weight excluding hydrogens is 252 g/mol. The maximum absolute atomic E-state index is 11.7. The summed E-state index contributed by atoms with van der Waals surface area (Å²) in [6.45, 7) is 1.67. The molecular formula is C12H18N2O3S. The van der Waals surface area contributed by atoms with Crippen molar-refractivity contribution in [3.05, 3.63) is 35.9 Å². The molecule has 0 bridgehead atoms. The number of hydrogen-bond acceptors (Lipinski definition) is 4. The van der Waals surface area contributed by atoms with Crippen LogP contribution in [0.2, 0.25) is 0 Å². The van der Waals surface area contributed by atoms with Gasteiger partial charge in [0.15, 0.2) is 9.84 Å². The Balaban J connectivity index is 2.47. The molecule has 1 aromatic rings. The molecule has 0 spiro atoms. The zero-order valence-electron chi connectivity index (χ0n) is 10.3. The Morgan fingerprint density at radius 3 is 2.50 bits per heavy atom. The third-order valence-corrected chi connectivity index (χ3v) is 4.30. The quantitative estimate of drug-likeness (QED) is 0.774. The van der Waals surface area contributed by atoms with E-state index in [1.807, 2.05) is 6.07 Å². The first-order valence-electron chi connectivity index (χ1n) is 5.75. The highest BCUT2D eigenvalue weighted by Crippen LogP contribution is 2.08. The lowest BCUT2D eigenvalue weighted by Crippen LogP contribution is -2.36. The lowest BCUT2D eigenvalue weighted by molar-refractivity contribution is -0.122. The van der Waals surface area contributed by atoms with E-state index in [0.717, 1.165) is 0 Å². The van der Waals surface area contributed by atoms with Crippen LogP contribution in [-0.4, -0.2) is 32.4 Å². The number of sulfone groups is 1. The Labute approximate surface area is 107 Å². The molecule has 18 heavy (non-hydrogen) atoms. The zero-order valence-corrected chi connectivity index (χ0v) is 11.1. The molecule has 100 valence electrons. The molecule has 0 unspecified atom stereocenters. The van der Waals surface area contributed by atoms with Crippen LogP contribution in [0.15, 0.2) is 30.3 Å². The molecule has 0 aromatic heterocycles. The van der Waals surface area contributed by atoms with Crippen molar-refractivity contribution in [3.8, 4) is 0 Å². The van der Waals surface area contributed by atoms with Gasteiger partial charge in [-0.15, -0.1) is 0 Å². The van der Waals surface area contributed by atoms with E-state index in [1.54, 1.807) is 31.2 Å². The number of benzene rings is 1. The maximum atomic E-state index is 11.7. The number of rotatable bonds is 6. The summed E-state index contributed by atoms with van der Waals surface area (Å²) in [4.78, 5) is 11.7. The molecule has 1 atom stereocenters. The van der Waals surface area contributed by atoms with Gasteiger partial charge in [0.1, 0.15) is 6.04 Å². The van der Waals surface area contributed by atoms with Crippen LogP contribution in [0.25, 0.3) is 0 Å². The van der Waals surface area contributed by atoms with Crippen LogP contribution in [0.5, 0.6) is 0 Å². The van der Waals surface area contributed by atoms with Crippen molar-refractivity contribution < 1.29 is 13.2 Å². The van der Waals surface area contributed by atoms with E-state index in [2.05, 4.69) is 5.32 Å². The van der Waals surface area contributed by atoms with Crippen molar-refractivity contribution >= 4 is 15.7 Å². The van der Waals surface area contributed by atoms with Gasteiger partial charge in [-0.1, -0.05) is 37.3 Å². The second kappa shape index (κ2) is 6.51. The number of carbonyl (C=O) groups excluding carboxylic acids is 1. The van der Waals surface area contributed by atoms with Crippen molar-refractivity contribution in [1.29, 1.82) is 0 Å². The molecule has 0 aliphatic carbocycles. The summed E-state index contributed by atoms with van der Waals surface area (Å²) in [6.07, 6.45) is 0. The number of nitrogens with two attached hydrogens (primary N) is 1. The SMILES string of the molecule is CCS(=O)(=O)CCNC(=O)[C@@H](N)c1ccccc1. The normalized spacial score (nSPS) is 13.0. The van der Waals surface area contributed by atoms with E-state index in [-0.39, 0.29) is 24.0 Å². The molecule has 5 nitrogen and oxygen atoms in total. The number of nitrogens with one attached hydrogen (secondary N) is 1. The summed E-state index contributed by atoms with van der Waals surface area (Å²) in [7, 11) is -3.06. The van der Waals surface area contributed by atoms with Crippen molar-refractivity contribution in [2.24, 2.45) is 5.73 Å². The molecule has 0 fully saturated rings. The van der Waals surface area contributed by atoms with Gasteiger partial charge in [0.05, 0.1) is 5.75 Å². The summed E-state index contributed by atoms with van der Waals surface area (Å²) < 4.78 is 22.5. The third-order valence-electron chi connectivity index (χ3n) is 2.59. The minimum atomic E-state index is -3.06. The van der Waals surface area contributed by atoms with E-state index in [9.17, 15) is 13.2 Å². The molecule has 0 saturated heterocycles. The Morgan fingerprint density at radius 1 is 1.33 bits per heavy atom. The lowest BCUT2D eigenvalue weighted by atomic mass is 10.1. The number of carbonyl (C=O) groups is 1. The van der Waals surface area contributed by atoms with E-state index in [1.165, 1.54) is 0 Å². The standard InChI is InChI=1S/C12H18N2O3S/c1-2-18(16,17)9-8-14-12(15)11(13)10-6-4-3-5-7-10/h3-7,11H,2,8-9,13H2,1H3,(H,14,15)/t11-/m0/s1. The van der Waals surface area contributed by atoms with E-state index in [4.69, 9.17) is 5.73 Å². The molecule has 0 aliphatic heterocycles. The molecule has 0 saturated carbocycles. The molecule has 0 aliphatic rings. The van der Waals surface area contributed by atoms with E-state index < -0.39 is 15.9 Å². The molecule has 6 heteroatoms. The van der Waals surface area contributed by atoms with Crippen LogP contribution in [0.1, 0.15) is 18.5 Å². The summed E-state index contributed by atoms with van der Waals surface area (Å²) in [5.74, 6) is -0.350. The van der Waals surface area contributed by atoms with E-state index >= 15 is 0 Å². The van der Waals surface area contributed by atoms with E-state index in [0.29, 0.717) is 5.56 Å². The van der Waals surface area contributed by atoms with Crippen molar-refractivity contribution in [3.63, 3.8) is 0 Å². The molecule has 0 radical (unpaired) electrons. The second-order valence-electron chi connectivity index (χ2n) is 3.92. The fraction of sp³-hybridized carbons (Fsp3) is 0.417. The Kier molecular flexibility index (Phi) is 5.30. The summed E-state index contributed by atoms with van der Waals surface area (Å²) in [5.41, 5.74) is 6.46. The van der Waals surface area contributed by atoms with Gasteiger partial charge in [-0.3, -0.25) is 4.79 Å².